The van der Waals surface area contributed by atoms with Gasteiger partial charge in [0.15, 0.2) is 5.78 Å². The van der Waals surface area contributed by atoms with Gasteiger partial charge in [0.2, 0.25) is 0 Å². The molecule has 0 aliphatic rings. The van der Waals surface area contributed by atoms with E-state index < -0.39 is 0 Å². The minimum atomic E-state index is 0.136. The Labute approximate surface area is 100 Å². The molecule has 0 bridgehead atoms. The van der Waals surface area contributed by atoms with Gasteiger partial charge in [-0.3, -0.25) is 9.69 Å². The van der Waals surface area contributed by atoms with Crippen LogP contribution in [0.5, 0.6) is 0 Å². The van der Waals surface area contributed by atoms with Crippen LogP contribution in [-0.4, -0.2) is 28.8 Å². The van der Waals surface area contributed by atoms with E-state index in [2.05, 4.69) is 0 Å². The Bertz CT molecular complexity index is 485. The van der Waals surface area contributed by atoms with Crippen molar-refractivity contribution < 1.29 is 9.21 Å². The highest BCUT2D eigenvalue weighted by molar-refractivity contribution is 5.97. The number of rotatable bonds is 5. The van der Waals surface area contributed by atoms with Crippen molar-refractivity contribution in [2.24, 2.45) is 7.05 Å². The molecule has 0 radical (unpaired) electrons. The number of hydrogen-bond donors (Lipinski definition) is 0. The third-order valence-corrected chi connectivity index (χ3v) is 2.60. The molecule has 0 aliphatic carbocycles. The first-order valence-electron chi connectivity index (χ1n) is 5.50. The molecule has 2 aromatic heterocycles. The number of carbonyl (C=O) groups excluding carboxylic acids is 1. The Morgan fingerprint density at radius 3 is 2.88 bits per heavy atom. The third kappa shape index (κ3) is 3.07. The summed E-state index contributed by atoms with van der Waals surface area (Å²) in [5, 5.41) is 0. The summed E-state index contributed by atoms with van der Waals surface area (Å²) in [6, 6.07) is 3.75. The Morgan fingerprint density at radius 2 is 2.29 bits per heavy atom. The van der Waals surface area contributed by atoms with Crippen LogP contribution in [0, 0.1) is 0 Å². The number of aryl methyl sites for hydroxylation is 1. The van der Waals surface area contributed by atoms with Gasteiger partial charge in [0.05, 0.1) is 19.1 Å². The number of ketones is 1. The second kappa shape index (κ2) is 5.01. The number of nitrogens with zero attached hydrogens (tertiary/aromatic N) is 2. The number of carbonyl (C=O) groups is 1. The van der Waals surface area contributed by atoms with Crippen LogP contribution < -0.4 is 0 Å². The van der Waals surface area contributed by atoms with Gasteiger partial charge >= 0.3 is 0 Å². The zero-order chi connectivity index (χ0) is 12.3. The van der Waals surface area contributed by atoms with Crippen molar-refractivity contribution in [1.29, 1.82) is 0 Å². The number of likely N-dealkylation sites (N-methyl/N-ethyl adjacent to an activating group) is 1. The fraction of sp³-hybridized carbons (Fsp3) is 0.308. The smallest absolute Gasteiger partial charge is 0.178 e. The molecule has 2 aromatic rings. The topological polar surface area (TPSA) is 38.4 Å². The number of aromatic nitrogens is 1. The van der Waals surface area contributed by atoms with Gasteiger partial charge in [-0.05, 0) is 19.2 Å². The van der Waals surface area contributed by atoms with Crippen molar-refractivity contribution in [2.75, 3.05) is 13.6 Å². The van der Waals surface area contributed by atoms with Crippen molar-refractivity contribution in [3.8, 4) is 0 Å². The molecule has 0 aromatic carbocycles. The van der Waals surface area contributed by atoms with Gasteiger partial charge in [-0.1, -0.05) is 0 Å². The molecule has 2 heterocycles. The first-order valence-corrected chi connectivity index (χ1v) is 5.50. The van der Waals surface area contributed by atoms with E-state index in [-0.39, 0.29) is 5.78 Å². The van der Waals surface area contributed by atoms with Gasteiger partial charge in [0.25, 0.3) is 0 Å². The largest absolute Gasteiger partial charge is 0.472 e. The molecule has 0 saturated carbocycles. The van der Waals surface area contributed by atoms with E-state index in [9.17, 15) is 4.79 Å². The van der Waals surface area contributed by atoms with Crippen molar-refractivity contribution in [3.05, 3.63) is 48.2 Å². The summed E-state index contributed by atoms with van der Waals surface area (Å²) < 4.78 is 6.87. The van der Waals surface area contributed by atoms with E-state index in [0.717, 1.165) is 17.7 Å². The lowest BCUT2D eigenvalue weighted by Crippen LogP contribution is -2.25. The van der Waals surface area contributed by atoms with Gasteiger partial charge in [-0.15, -0.1) is 0 Å². The molecular weight excluding hydrogens is 216 g/mol. The Morgan fingerprint density at radius 1 is 1.47 bits per heavy atom. The molecule has 0 atom stereocenters. The van der Waals surface area contributed by atoms with Crippen LogP contribution in [0.15, 0.2) is 41.5 Å². The van der Waals surface area contributed by atoms with Crippen molar-refractivity contribution in [3.63, 3.8) is 0 Å². The van der Waals surface area contributed by atoms with Crippen LogP contribution in [0.1, 0.15) is 15.9 Å². The lowest BCUT2D eigenvalue weighted by atomic mass is 10.2. The maximum absolute atomic E-state index is 11.9. The molecule has 0 N–H and O–H groups in total. The lowest BCUT2D eigenvalue weighted by molar-refractivity contribution is 0.0943. The number of Topliss-reactive ketones (excluding diaryl/α,β-unsaturated/α-hetero) is 1. The summed E-state index contributed by atoms with van der Waals surface area (Å²) in [6.45, 7) is 1.13. The van der Waals surface area contributed by atoms with Crippen LogP contribution in [0.2, 0.25) is 0 Å². The van der Waals surface area contributed by atoms with Crippen molar-refractivity contribution in [1.82, 2.24) is 9.47 Å². The predicted molar refractivity (Wildman–Crippen MR) is 64.8 cm³/mol. The molecule has 0 saturated heterocycles. The summed E-state index contributed by atoms with van der Waals surface area (Å²) in [4.78, 5) is 13.9. The predicted octanol–water partition coefficient (Wildman–Crippen LogP) is 1.93. The minimum absolute atomic E-state index is 0.136. The second-order valence-electron chi connectivity index (χ2n) is 4.29. The first-order chi connectivity index (χ1) is 8.15. The van der Waals surface area contributed by atoms with E-state index in [1.165, 1.54) is 0 Å². The maximum atomic E-state index is 11.9. The lowest BCUT2D eigenvalue weighted by Gasteiger charge is -2.13. The highest BCUT2D eigenvalue weighted by Gasteiger charge is 2.10. The quantitative estimate of drug-likeness (QED) is 0.739. The molecule has 0 spiro atoms. The SMILES string of the molecule is CN(CC(=O)c1ccn(C)c1)Cc1ccoc1. The average molecular weight is 232 g/mol. The fourth-order valence-corrected chi connectivity index (χ4v) is 1.75. The zero-order valence-corrected chi connectivity index (χ0v) is 10.1. The normalized spacial score (nSPS) is 11.0. The molecule has 90 valence electrons. The van der Waals surface area contributed by atoms with E-state index in [1.54, 1.807) is 12.5 Å². The number of furan rings is 1. The van der Waals surface area contributed by atoms with E-state index in [0.29, 0.717) is 6.54 Å². The van der Waals surface area contributed by atoms with E-state index in [4.69, 9.17) is 4.42 Å². The molecule has 0 aliphatic heterocycles. The second-order valence-corrected chi connectivity index (χ2v) is 4.29. The first kappa shape index (κ1) is 11.7. The van der Waals surface area contributed by atoms with Gasteiger partial charge in [-0.2, -0.15) is 0 Å². The van der Waals surface area contributed by atoms with Crippen LogP contribution >= 0.6 is 0 Å². The summed E-state index contributed by atoms with van der Waals surface area (Å²) >= 11 is 0. The van der Waals surface area contributed by atoms with Crippen LogP contribution in [0.4, 0.5) is 0 Å². The molecule has 0 amide bonds. The molecule has 4 nitrogen and oxygen atoms in total. The third-order valence-electron chi connectivity index (χ3n) is 2.60. The highest BCUT2D eigenvalue weighted by atomic mass is 16.3. The Balaban J connectivity index is 1.90. The standard InChI is InChI=1S/C13H16N2O2/c1-14-5-3-12(8-14)13(16)9-15(2)7-11-4-6-17-10-11/h3-6,8,10H,7,9H2,1-2H3. The molecule has 17 heavy (non-hydrogen) atoms. The summed E-state index contributed by atoms with van der Waals surface area (Å²) in [5.41, 5.74) is 1.83. The molecule has 2 rings (SSSR count). The maximum Gasteiger partial charge on any atom is 0.178 e. The molecular formula is C13H16N2O2. The van der Waals surface area contributed by atoms with Crippen molar-refractivity contribution >= 4 is 5.78 Å². The Hall–Kier alpha value is -1.81. The van der Waals surface area contributed by atoms with E-state index in [1.807, 2.05) is 48.1 Å². The zero-order valence-electron chi connectivity index (χ0n) is 10.1. The van der Waals surface area contributed by atoms with E-state index >= 15 is 0 Å². The summed E-state index contributed by atoms with van der Waals surface area (Å²) in [7, 11) is 3.83. The molecule has 0 unspecified atom stereocenters. The minimum Gasteiger partial charge on any atom is -0.472 e. The summed E-state index contributed by atoms with van der Waals surface area (Å²) in [5.74, 6) is 0.136. The van der Waals surface area contributed by atoms with Crippen molar-refractivity contribution in [2.45, 2.75) is 6.54 Å². The Kier molecular flexibility index (Phi) is 3.44. The summed E-state index contributed by atoms with van der Waals surface area (Å²) in [6.07, 6.45) is 7.06. The van der Waals surface area contributed by atoms with Crippen LogP contribution in [0.3, 0.4) is 0 Å². The van der Waals surface area contributed by atoms with Gasteiger partial charge < -0.3 is 8.98 Å². The van der Waals surface area contributed by atoms with Gasteiger partial charge in [0.1, 0.15) is 0 Å². The van der Waals surface area contributed by atoms with Gasteiger partial charge in [0, 0.05) is 37.1 Å². The average Bonchev–Trinajstić information content (AvgIpc) is 2.89. The monoisotopic (exact) mass is 232 g/mol. The van der Waals surface area contributed by atoms with Crippen LogP contribution in [-0.2, 0) is 13.6 Å². The fourth-order valence-electron chi connectivity index (χ4n) is 1.75. The van der Waals surface area contributed by atoms with Crippen LogP contribution in [0.25, 0.3) is 0 Å². The van der Waals surface area contributed by atoms with Gasteiger partial charge in [-0.25, -0.2) is 0 Å². The number of hydrogen-bond acceptors (Lipinski definition) is 3. The highest BCUT2D eigenvalue weighted by Crippen LogP contribution is 2.06. The molecule has 4 heteroatoms. The molecule has 0 fully saturated rings.